The summed E-state index contributed by atoms with van der Waals surface area (Å²) in [6.45, 7) is 0.352. The van der Waals surface area contributed by atoms with Crippen LogP contribution in [0.1, 0.15) is 16.1 Å². The largest absolute Gasteiger partial charge is 0.497 e. The van der Waals surface area contributed by atoms with Crippen LogP contribution >= 0.6 is 0 Å². The first-order chi connectivity index (χ1) is 13.0. The zero-order chi connectivity index (χ0) is 19.2. The summed E-state index contributed by atoms with van der Waals surface area (Å²) >= 11 is 0. The van der Waals surface area contributed by atoms with E-state index in [1.807, 2.05) is 24.3 Å². The highest BCUT2D eigenvalue weighted by molar-refractivity contribution is 5.92. The monoisotopic (exact) mass is 369 g/mol. The predicted octanol–water partition coefficient (Wildman–Crippen LogP) is 4.04. The number of anilines is 2. The van der Waals surface area contributed by atoms with Gasteiger partial charge in [0, 0.05) is 12.6 Å². The van der Waals surface area contributed by atoms with E-state index in [1.165, 1.54) is 18.3 Å². The minimum atomic E-state index is -0.712. The lowest BCUT2D eigenvalue weighted by molar-refractivity contribution is 0.0946. The molecule has 5 nitrogen and oxygen atoms in total. The first kappa shape index (κ1) is 18.3. The Bertz CT molecular complexity index is 929. The lowest BCUT2D eigenvalue weighted by Crippen LogP contribution is -2.23. The predicted molar refractivity (Wildman–Crippen MR) is 98.0 cm³/mol. The molecule has 0 atom stereocenters. The van der Waals surface area contributed by atoms with Gasteiger partial charge in [0.25, 0.3) is 5.91 Å². The third-order valence-corrected chi connectivity index (χ3v) is 3.82. The zero-order valence-corrected chi connectivity index (χ0v) is 14.5. The Labute approximate surface area is 155 Å². The summed E-state index contributed by atoms with van der Waals surface area (Å²) in [5.74, 6) is -0.950. The fraction of sp³-hybridized carbons (Fsp3) is 0.100. The molecule has 0 radical (unpaired) electrons. The van der Waals surface area contributed by atoms with E-state index in [4.69, 9.17) is 4.74 Å². The number of carbonyl (C=O) groups is 1. The molecule has 7 heteroatoms. The van der Waals surface area contributed by atoms with Gasteiger partial charge in [0.1, 0.15) is 23.1 Å². The second-order valence-electron chi connectivity index (χ2n) is 5.71. The van der Waals surface area contributed by atoms with Crippen LogP contribution in [0, 0.1) is 11.6 Å². The number of amides is 1. The van der Waals surface area contributed by atoms with E-state index < -0.39 is 11.6 Å². The van der Waals surface area contributed by atoms with Crippen molar-refractivity contribution in [3.63, 3.8) is 0 Å². The van der Waals surface area contributed by atoms with Crippen LogP contribution in [0.15, 0.2) is 60.8 Å². The fourth-order valence-corrected chi connectivity index (χ4v) is 2.36. The van der Waals surface area contributed by atoms with Crippen LogP contribution in [-0.4, -0.2) is 18.0 Å². The number of benzene rings is 2. The summed E-state index contributed by atoms with van der Waals surface area (Å²) in [5, 5.41) is 5.56. The number of hydrogen-bond donors (Lipinski definition) is 2. The number of rotatable bonds is 6. The topological polar surface area (TPSA) is 63.2 Å². The summed E-state index contributed by atoms with van der Waals surface area (Å²) in [4.78, 5) is 16.3. The first-order valence-electron chi connectivity index (χ1n) is 8.14. The highest BCUT2D eigenvalue weighted by Gasteiger charge is 2.08. The SMILES string of the molecule is COc1ccc(CNC(=O)c2ccc(Nc3ccc(F)cc3F)cn2)cc1. The van der Waals surface area contributed by atoms with E-state index in [2.05, 4.69) is 15.6 Å². The molecule has 0 saturated heterocycles. The number of carbonyl (C=O) groups excluding carboxylic acids is 1. The summed E-state index contributed by atoms with van der Waals surface area (Å²) in [7, 11) is 1.59. The molecule has 0 unspecified atom stereocenters. The normalized spacial score (nSPS) is 10.3. The number of halogens is 2. The van der Waals surface area contributed by atoms with Gasteiger partial charge in [-0.2, -0.15) is 0 Å². The first-order valence-corrected chi connectivity index (χ1v) is 8.14. The minimum absolute atomic E-state index is 0.120. The standard InChI is InChI=1S/C20H17F2N3O2/c1-27-16-6-2-13(3-7-16)11-24-20(26)19-9-5-15(12-23-19)25-18-8-4-14(21)10-17(18)22/h2-10,12,25H,11H2,1H3,(H,24,26). The molecular weight excluding hydrogens is 352 g/mol. The van der Waals surface area contributed by atoms with Crippen LogP contribution in [0.3, 0.4) is 0 Å². The molecule has 138 valence electrons. The van der Waals surface area contributed by atoms with Crippen LogP contribution < -0.4 is 15.4 Å². The zero-order valence-electron chi connectivity index (χ0n) is 14.5. The van der Waals surface area contributed by atoms with Gasteiger partial charge < -0.3 is 15.4 Å². The third kappa shape index (κ3) is 4.78. The van der Waals surface area contributed by atoms with Crippen LogP contribution in [0.5, 0.6) is 5.75 Å². The molecule has 3 rings (SSSR count). The summed E-state index contributed by atoms with van der Waals surface area (Å²) in [6.07, 6.45) is 1.41. The second kappa shape index (κ2) is 8.27. The summed E-state index contributed by atoms with van der Waals surface area (Å²) < 4.78 is 31.7. The molecule has 1 aromatic heterocycles. The van der Waals surface area contributed by atoms with Crippen molar-refractivity contribution in [2.45, 2.75) is 6.54 Å². The Morgan fingerprint density at radius 1 is 1.07 bits per heavy atom. The van der Waals surface area contributed by atoms with E-state index in [-0.39, 0.29) is 17.3 Å². The molecule has 0 saturated carbocycles. The molecule has 0 aliphatic carbocycles. The van der Waals surface area contributed by atoms with E-state index in [1.54, 1.807) is 13.2 Å². The summed E-state index contributed by atoms with van der Waals surface area (Å²) in [5.41, 5.74) is 1.75. The van der Waals surface area contributed by atoms with Gasteiger partial charge in [-0.15, -0.1) is 0 Å². The highest BCUT2D eigenvalue weighted by atomic mass is 19.1. The Hall–Kier alpha value is -3.48. The van der Waals surface area contributed by atoms with Crippen LogP contribution in [0.4, 0.5) is 20.2 Å². The smallest absolute Gasteiger partial charge is 0.270 e. The maximum Gasteiger partial charge on any atom is 0.270 e. The molecule has 0 aliphatic heterocycles. The maximum atomic E-state index is 13.7. The van der Waals surface area contributed by atoms with Gasteiger partial charge in [0.15, 0.2) is 0 Å². The Kier molecular flexibility index (Phi) is 5.61. The third-order valence-electron chi connectivity index (χ3n) is 3.82. The van der Waals surface area contributed by atoms with Gasteiger partial charge in [0.2, 0.25) is 0 Å². The van der Waals surface area contributed by atoms with Crippen molar-refractivity contribution in [3.8, 4) is 5.75 Å². The number of pyridine rings is 1. The molecular formula is C20H17F2N3O2. The molecule has 3 aromatic rings. The van der Waals surface area contributed by atoms with Crippen LogP contribution in [0.25, 0.3) is 0 Å². The lowest BCUT2D eigenvalue weighted by Gasteiger charge is -2.09. The number of nitrogens with zero attached hydrogens (tertiary/aromatic N) is 1. The van der Waals surface area contributed by atoms with Crippen molar-refractivity contribution in [2.24, 2.45) is 0 Å². The van der Waals surface area contributed by atoms with E-state index in [0.717, 1.165) is 23.4 Å². The number of aromatic nitrogens is 1. The van der Waals surface area contributed by atoms with Gasteiger partial charge in [-0.1, -0.05) is 12.1 Å². The molecule has 2 N–H and O–H groups in total. The molecule has 0 bridgehead atoms. The van der Waals surface area contributed by atoms with Gasteiger partial charge >= 0.3 is 0 Å². The van der Waals surface area contributed by atoms with Gasteiger partial charge in [0.05, 0.1) is 24.7 Å². The average molecular weight is 369 g/mol. The second-order valence-corrected chi connectivity index (χ2v) is 5.71. The molecule has 0 aliphatic rings. The fourth-order valence-electron chi connectivity index (χ4n) is 2.36. The summed E-state index contributed by atoms with van der Waals surface area (Å²) in [6, 6.07) is 13.7. The number of ether oxygens (including phenoxy) is 1. The van der Waals surface area contributed by atoms with Crippen molar-refractivity contribution in [1.82, 2.24) is 10.3 Å². The molecule has 1 heterocycles. The number of hydrogen-bond acceptors (Lipinski definition) is 4. The van der Waals surface area contributed by atoms with Crippen molar-refractivity contribution in [3.05, 3.63) is 83.7 Å². The Morgan fingerprint density at radius 3 is 2.48 bits per heavy atom. The van der Waals surface area contributed by atoms with Crippen molar-refractivity contribution >= 4 is 17.3 Å². The average Bonchev–Trinajstić information content (AvgIpc) is 2.69. The number of methoxy groups -OCH3 is 1. The molecule has 0 fully saturated rings. The van der Waals surface area contributed by atoms with Gasteiger partial charge in [-0.3, -0.25) is 4.79 Å². The lowest BCUT2D eigenvalue weighted by atomic mass is 10.2. The van der Waals surface area contributed by atoms with Crippen LogP contribution in [-0.2, 0) is 6.54 Å². The molecule has 1 amide bonds. The van der Waals surface area contributed by atoms with E-state index >= 15 is 0 Å². The highest BCUT2D eigenvalue weighted by Crippen LogP contribution is 2.20. The van der Waals surface area contributed by atoms with E-state index in [0.29, 0.717) is 12.2 Å². The molecule has 27 heavy (non-hydrogen) atoms. The van der Waals surface area contributed by atoms with Crippen molar-refractivity contribution in [1.29, 1.82) is 0 Å². The van der Waals surface area contributed by atoms with Crippen molar-refractivity contribution < 1.29 is 18.3 Å². The Morgan fingerprint density at radius 2 is 1.85 bits per heavy atom. The quantitative estimate of drug-likeness (QED) is 0.688. The Balaban J connectivity index is 1.59. The van der Waals surface area contributed by atoms with Gasteiger partial charge in [-0.05, 0) is 42.0 Å². The maximum absolute atomic E-state index is 13.7. The van der Waals surface area contributed by atoms with Gasteiger partial charge in [-0.25, -0.2) is 13.8 Å². The van der Waals surface area contributed by atoms with Crippen molar-refractivity contribution in [2.75, 3.05) is 12.4 Å². The minimum Gasteiger partial charge on any atom is -0.497 e. The molecule has 0 spiro atoms. The number of nitrogens with one attached hydrogen (secondary N) is 2. The van der Waals surface area contributed by atoms with Crippen LogP contribution in [0.2, 0.25) is 0 Å². The van der Waals surface area contributed by atoms with E-state index in [9.17, 15) is 13.6 Å². The molecule has 2 aromatic carbocycles.